The molecule has 122 valence electrons. The summed E-state index contributed by atoms with van der Waals surface area (Å²) in [6.07, 6.45) is 6.65. The molecule has 1 fully saturated rings. The molecule has 0 aliphatic carbocycles. The van der Waals surface area contributed by atoms with Crippen molar-refractivity contribution in [3.63, 3.8) is 0 Å². The largest absolute Gasteiger partial charge is 0.352 e. The molecule has 2 heterocycles. The smallest absolute Gasteiger partial charge is 0.249 e. The molecule has 5 nitrogen and oxygen atoms in total. The van der Waals surface area contributed by atoms with Crippen LogP contribution in [0.2, 0.25) is 0 Å². The Morgan fingerprint density at radius 3 is 3.00 bits per heavy atom. The summed E-state index contributed by atoms with van der Waals surface area (Å²) < 4.78 is 1.06. The minimum absolute atomic E-state index is 0.540. The average Bonchev–Trinajstić information content (AvgIpc) is 2.58. The lowest BCUT2D eigenvalue weighted by Gasteiger charge is -2.35. The molecule has 0 spiro atoms. The third kappa shape index (κ3) is 3.80. The van der Waals surface area contributed by atoms with Gasteiger partial charge in [0.2, 0.25) is 5.95 Å². The number of nitrogens with zero attached hydrogens (tertiary/aromatic N) is 4. The summed E-state index contributed by atoms with van der Waals surface area (Å²) in [5.41, 5.74) is 2.15. The van der Waals surface area contributed by atoms with E-state index in [2.05, 4.69) is 61.2 Å². The van der Waals surface area contributed by atoms with Crippen LogP contribution in [0, 0.1) is 6.92 Å². The number of hydrogen-bond donors (Lipinski definition) is 1. The monoisotopic (exact) mass is 375 g/mol. The molecule has 1 aliphatic heterocycles. The summed E-state index contributed by atoms with van der Waals surface area (Å²) in [4.78, 5) is 7.04. The van der Waals surface area contributed by atoms with Crippen LogP contribution in [-0.2, 0) is 0 Å². The standard InChI is InChI=1S/C17H22BrN5/c1-3-14-6-4-5-9-23(14)16-11-19-22-17(21-16)20-13-8-7-12(2)15(18)10-13/h7-8,10-11,14H,3-6,9H2,1-2H3,(H,20,21,22). The minimum Gasteiger partial charge on any atom is -0.352 e. The summed E-state index contributed by atoms with van der Waals surface area (Å²) in [6, 6.07) is 6.66. The Morgan fingerprint density at radius 1 is 1.35 bits per heavy atom. The highest BCUT2D eigenvalue weighted by Gasteiger charge is 2.22. The highest BCUT2D eigenvalue weighted by molar-refractivity contribution is 9.10. The van der Waals surface area contributed by atoms with E-state index < -0.39 is 0 Å². The van der Waals surface area contributed by atoms with E-state index in [9.17, 15) is 0 Å². The third-order valence-corrected chi connectivity index (χ3v) is 5.22. The van der Waals surface area contributed by atoms with Crippen LogP contribution in [-0.4, -0.2) is 27.8 Å². The second-order valence-electron chi connectivity index (χ2n) is 5.98. The van der Waals surface area contributed by atoms with Gasteiger partial charge in [-0.05, 0) is 50.3 Å². The van der Waals surface area contributed by atoms with Gasteiger partial charge in [0, 0.05) is 22.7 Å². The summed E-state index contributed by atoms with van der Waals surface area (Å²) in [5, 5.41) is 11.5. The Bertz CT molecular complexity index is 676. The average molecular weight is 376 g/mol. The number of rotatable bonds is 4. The van der Waals surface area contributed by atoms with Crippen molar-refractivity contribution in [2.75, 3.05) is 16.8 Å². The van der Waals surface area contributed by atoms with Crippen LogP contribution < -0.4 is 10.2 Å². The Kier molecular flexibility index (Phi) is 5.10. The van der Waals surface area contributed by atoms with E-state index in [0.29, 0.717) is 12.0 Å². The van der Waals surface area contributed by atoms with Crippen molar-refractivity contribution < 1.29 is 0 Å². The minimum atomic E-state index is 0.540. The van der Waals surface area contributed by atoms with Crippen molar-refractivity contribution in [3.05, 3.63) is 34.4 Å². The number of aryl methyl sites for hydroxylation is 1. The summed E-state index contributed by atoms with van der Waals surface area (Å²) in [5.74, 6) is 1.46. The van der Waals surface area contributed by atoms with Crippen LogP contribution in [0.15, 0.2) is 28.9 Å². The number of hydrogen-bond acceptors (Lipinski definition) is 5. The maximum Gasteiger partial charge on any atom is 0.249 e. The van der Waals surface area contributed by atoms with Gasteiger partial charge in [-0.1, -0.05) is 28.9 Å². The zero-order valence-corrected chi connectivity index (χ0v) is 15.2. The lowest BCUT2D eigenvalue weighted by Crippen LogP contribution is -2.39. The van der Waals surface area contributed by atoms with E-state index >= 15 is 0 Å². The van der Waals surface area contributed by atoms with Gasteiger partial charge in [-0.2, -0.15) is 10.1 Å². The predicted molar refractivity (Wildman–Crippen MR) is 97.3 cm³/mol. The fourth-order valence-electron chi connectivity index (χ4n) is 3.01. The third-order valence-electron chi connectivity index (χ3n) is 4.37. The summed E-state index contributed by atoms with van der Waals surface area (Å²) >= 11 is 3.55. The maximum absolute atomic E-state index is 4.67. The molecule has 2 aromatic rings. The Morgan fingerprint density at radius 2 is 2.22 bits per heavy atom. The number of benzene rings is 1. The fourth-order valence-corrected chi connectivity index (χ4v) is 3.39. The van der Waals surface area contributed by atoms with Crippen LogP contribution in [0.4, 0.5) is 17.5 Å². The lowest BCUT2D eigenvalue weighted by molar-refractivity contribution is 0.446. The Balaban J connectivity index is 1.80. The quantitative estimate of drug-likeness (QED) is 0.854. The molecule has 1 aliphatic rings. The van der Waals surface area contributed by atoms with Gasteiger partial charge in [0.05, 0.1) is 6.20 Å². The van der Waals surface area contributed by atoms with Crippen LogP contribution in [0.25, 0.3) is 0 Å². The van der Waals surface area contributed by atoms with E-state index in [-0.39, 0.29) is 0 Å². The molecule has 1 unspecified atom stereocenters. The predicted octanol–water partition coefficient (Wildman–Crippen LogP) is 4.46. The number of halogens is 1. The molecule has 1 aromatic carbocycles. The molecule has 0 amide bonds. The highest BCUT2D eigenvalue weighted by Crippen LogP contribution is 2.26. The number of piperidine rings is 1. The maximum atomic E-state index is 4.67. The second-order valence-corrected chi connectivity index (χ2v) is 6.83. The molecule has 6 heteroatoms. The molecule has 1 N–H and O–H groups in total. The molecule has 1 saturated heterocycles. The zero-order chi connectivity index (χ0) is 16.2. The molecule has 0 saturated carbocycles. The van der Waals surface area contributed by atoms with Gasteiger partial charge in [0.1, 0.15) is 0 Å². The first-order chi connectivity index (χ1) is 11.2. The van der Waals surface area contributed by atoms with Crippen LogP contribution in [0.1, 0.15) is 38.2 Å². The molecular weight excluding hydrogens is 354 g/mol. The number of anilines is 3. The Hall–Kier alpha value is -1.69. The fraction of sp³-hybridized carbons (Fsp3) is 0.471. The van der Waals surface area contributed by atoms with Crippen molar-refractivity contribution in [2.45, 2.75) is 45.6 Å². The molecule has 0 radical (unpaired) electrons. The molecule has 3 rings (SSSR count). The number of aromatic nitrogens is 3. The molecule has 23 heavy (non-hydrogen) atoms. The first-order valence-electron chi connectivity index (χ1n) is 8.17. The van der Waals surface area contributed by atoms with E-state index in [0.717, 1.165) is 28.9 Å². The summed E-state index contributed by atoms with van der Waals surface area (Å²) in [7, 11) is 0. The Labute approximate surface area is 145 Å². The molecule has 1 aromatic heterocycles. The van der Waals surface area contributed by atoms with Gasteiger partial charge in [0.25, 0.3) is 0 Å². The van der Waals surface area contributed by atoms with Crippen LogP contribution >= 0.6 is 15.9 Å². The SMILES string of the molecule is CCC1CCCCN1c1cnnc(Nc2ccc(C)c(Br)c2)n1. The zero-order valence-electron chi connectivity index (χ0n) is 13.6. The van der Waals surface area contributed by atoms with Crippen molar-refractivity contribution in [1.82, 2.24) is 15.2 Å². The van der Waals surface area contributed by atoms with E-state index in [1.807, 2.05) is 12.1 Å². The van der Waals surface area contributed by atoms with Gasteiger partial charge < -0.3 is 10.2 Å². The normalized spacial score (nSPS) is 18.0. The molecule has 1 atom stereocenters. The molecule has 0 bridgehead atoms. The molecular formula is C17H22BrN5. The van der Waals surface area contributed by atoms with Gasteiger partial charge in [0.15, 0.2) is 5.82 Å². The van der Waals surface area contributed by atoms with Crippen LogP contribution in [0.5, 0.6) is 0 Å². The van der Waals surface area contributed by atoms with Gasteiger partial charge in [-0.25, -0.2) is 0 Å². The number of nitrogens with one attached hydrogen (secondary N) is 1. The summed E-state index contributed by atoms with van der Waals surface area (Å²) in [6.45, 7) is 5.35. The first kappa shape index (κ1) is 16.2. The van der Waals surface area contributed by atoms with E-state index in [1.54, 1.807) is 6.20 Å². The van der Waals surface area contributed by atoms with Crippen molar-refractivity contribution in [3.8, 4) is 0 Å². The van der Waals surface area contributed by atoms with Crippen LogP contribution in [0.3, 0.4) is 0 Å². The van der Waals surface area contributed by atoms with Gasteiger partial charge >= 0.3 is 0 Å². The second kappa shape index (κ2) is 7.25. The first-order valence-corrected chi connectivity index (χ1v) is 8.96. The van der Waals surface area contributed by atoms with E-state index in [4.69, 9.17) is 0 Å². The van der Waals surface area contributed by atoms with Crippen molar-refractivity contribution >= 4 is 33.4 Å². The van der Waals surface area contributed by atoms with Gasteiger partial charge in [-0.3, -0.25) is 0 Å². The van der Waals surface area contributed by atoms with Crippen molar-refractivity contribution in [1.29, 1.82) is 0 Å². The van der Waals surface area contributed by atoms with Gasteiger partial charge in [-0.15, -0.1) is 5.10 Å². The van der Waals surface area contributed by atoms with Crippen molar-refractivity contribution in [2.24, 2.45) is 0 Å². The lowest BCUT2D eigenvalue weighted by atomic mass is 10.0. The topological polar surface area (TPSA) is 53.9 Å². The van der Waals surface area contributed by atoms with E-state index in [1.165, 1.54) is 24.8 Å². The highest BCUT2D eigenvalue weighted by atomic mass is 79.9.